The Bertz CT molecular complexity index is 1360. The van der Waals surface area contributed by atoms with E-state index in [9.17, 15) is 18.4 Å². The fourth-order valence-electron chi connectivity index (χ4n) is 4.68. The van der Waals surface area contributed by atoms with Gasteiger partial charge < -0.3 is 14.6 Å². The molecule has 1 heterocycles. The second-order valence-electron chi connectivity index (χ2n) is 9.43. The second kappa shape index (κ2) is 12.8. The number of carbonyl (C=O) groups is 2. The quantitative estimate of drug-likeness (QED) is 0.205. The molecule has 0 radical (unpaired) electrons. The Kier molecular flexibility index (Phi) is 9.29. The minimum absolute atomic E-state index is 0.260. The number of carboxylic acids is 1. The van der Waals surface area contributed by atoms with Crippen LogP contribution in [0.1, 0.15) is 60.0 Å². The monoisotopic (exact) mass is 556 g/mol. The Labute approximate surface area is 229 Å². The molecule has 0 aliphatic heterocycles. The van der Waals surface area contributed by atoms with Crippen LogP contribution in [0.2, 0.25) is 0 Å². The van der Waals surface area contributed by atoms with Gasteiger partial charge in [0.05, 0.1) is 19.4 Å². The molecule has 4 rings (SSSR count). The van der Waals surface area contributed by atoms with Crippen molar-refractivity contribution in [1.82, 2.24) is 4.98 Å². The van der Waals surface area contributed by atoms with Gasteiger partial charge in [-0.1, -0.05) is 44.2 Å². The Morgan fingerprint density at radius 1 is 1.18 bits per heavy atom. The average molecular weight is 557 g/mol. The number of aliphatic carboxylic acids is 1. The maximum atomic E-state index is 14.5. The predicted octanol–water partition coefficient (Wildman–Crippen LogP) is 7.07. The van der Waals surface area contributed by atoms with Crippen molar-refractivity contribution in [3.8, 4) is 17.0 Å². The van der Waals surface area contributed by atoms with Gasteiger partial charge in [0.25, 0.3) is 5.91 Å². The van der Waals surface area contributed by atoms with E-state index < -0.39 is 34.8 Å². The lowest BCUT2D eigenvalue weighted by Gasteiger charge is -2.21. The molecule has 1 aromatic heterocycles. The molecule has 1 aliphatic rings. The highest BCUT2D eigenvalue weighted by atomic mass is 32.1. The number of carboxylic acid groups (broad SMARTS) is 1. The Balaban J connectivity index is 1.44. The molecule has 0 bridgehead atoms. The lowest BCUT2D eigenvalue weighted by Crippen LogP contribution is -2.13. The van der Waals surface area contributed by atoms with Crippen LogP contribution in [0.25, 0.3) is 17.3 Å². The number of thiazole rings is 1. The topological polar surface area (TPSA) is 97.8 Å². The predicted molar refractivity (Wildman–Crippen MR) is 146 cm³/mol. The van der Waals surface area contributed by atoms with E-state index in [1.807, 2.05) is 25.1 Å². The van der Waals surface area contributed by atoms with Gasteiger partial charge in [-0.2, -0.15) is 0 Å². The van der Waals surface area contributed by atoms with Gasteiger partial charge in [-0.15, -0.1) is 11.3 Å². The molecule has 1 saturated carbocycles. The smallest absolute Gasteiger partial charge is 0.371 e. The number of nitrogens with zero attached hydrogens (tertiary/aromatic N) is 1. The summed E-state index contributed by atoms with van der Waals surface area (Å²) in [6.07, 6.45) is 8.24. The fourth-order valence-corrected chi connectivity index (χ4v) is 5.38. The molecule has 2 aromatic carbocycles. The van der Waals surface area contributed by atoms with Gasteiger partial charge in [0.15, 0.2) is 5.13 Å². The van der Waals surface area contributed by atoms with E-state index in [2.05, 4.69) is 15.0 Å². The molecule has 1 fully saturated rings. The summed E-state index contributed by atoms with van der Waals surface area (Å²) in [6.45, 7) is 2.63. The summed E-state index contributed by atoms with van der Waals surface area (Å²) in [5, 5.41) is 13.6. The largest absolute Gasteiger partial charge is 0.493 e. The van der Waals surface area contributed by atoms with Crippen LogP contribution < -0.4 is 10.1 Å². The highest BCUT2D eigenvalue weighted by Crippen LogP contribution is 2.33. The summed E-state index contributed by atoms with van der Waals surface area (Å²) in [5.41, 5.74) is 1.54. The molecule has 0 spiro atoms. The number of methoxy groups -OCH3 is 1. The number of carbonyl (C=O) groups excluding carboxylic acids is 1. The van der Waals surface area contributed by atoms with Crippen molar-refractivity contribution in [2.24, 2.45) is 5.92 Å². The Morgan fingerprint density at radius 2 is 1.90 bits per heavy atom. The summed E-state index contributed by atoms with van der Waals surface area (Å²) in [7, 11) is 1.07. The standard InChI is InChI=1S/C29H30F2N2O5S/c1-17-20(9-6-10-25(17)38-12-11-18-7-4-3-5-8-18)24-16-39-29(32-24)33-27(34)19-13-22(30)21(23(31)14-19)15-26(37-2)28(35)36/h6,9-10,13-16,18H,3-5,7-8,11-12H2,1-2H3,(H,35,36)(H,32,33,34). The molecule has 3 aromatic rings. The van der Waals surface area contributed by atoms with Gasteiger partial charge in [-0.25, -0.2) is 18.6 Å². The van der Waals surface area contributed by atoms with Gasteiger partial charge in [0, 0.05) is 33.7 Å². The van der Waals surface area contributed by atoms with Gasteiger partial charge in [-0.3, -0.25) is 10.1 Å². The zero-order chi connectivity index (χ0) is 27.9. The van der Waals surface area contributed by atoms with Gasteiger partial charge >= 0.3 is 5.97 Å². The maximum absolute atomic E-state index is 14.5. The van der Waals surface area contributed by atoms with E-state index in [1.54, 1.807) is 5.38 Å². The van der Waals surface area contributed by atoms with Crippen molar-refractivity contribution >= 4 is 34.4 Å². The molecule has 206 valence electrons. The van der Waals surface area contributed by atoms with Crippen LogP contribution in [0.5, 0.6) is 5.75 Å². The number of amides is 1. The molecule has 0 atom stereocenters. The third-order valence-corrected chi connectivity index (χ3v) is 7.60. The fraction of sp³-hybridized carbons (Fsp3) is 0.345. The van der Waals surface area contributed by atoms with Crippen LogP contribution >= 0.6 is 11.3 Å². The van der Waals surface area contributed by atoms with E-state index in [4.69, 9.17) is 9.84 Å². The lowest BCUT2D eigenvalue weighted by atomic mass is 9.87. The number of benzene rings is 2. The molecular formula is C29H30F2N2O5S. The number of nitrogens with one attached hydrogen (secondary N) is 1. The van der Waals surface area contributed by atoms with Crippen molar-refractivity contribution in [2.45, 2.75) is 45.4 Å². The number of rotatable bonds is 10. The molecule has 10 heteroatoms. The molecule has 39 heavy (non-hydrogen) atoms. The first-order valence-electron chi connectivity index (χ1n) is 12.7. The number of anilines is 1. The first-order chi connectivity index (χ1) is 18.8. The summed E-state index contributed by atoms with van der Waals surface area (Å²) in [6, 6.07) is 7.41. The summed E-state index contributed by atoms with van der Waals surface area (Å²) < 4.78 is 39.8. The highest BCUT2D eigenvalue weighted by molar-refractivity contribution is 7.14. The summed E-state index contributed by atoms with van der Waals surface area (Å²) in [4.78, 5) is 28.3. The second-order valence-corrected chi connectivity index (χ2v) is 10.3. The Morgan fingerprint density at radius 3 is 2.56 bits per heavy atom. The van der Waals surface area contributed by atoms with Crippen LogP contribution in [0.3, 0.4) is 0 Å². The first-order valence-corrected chi connectivity index (χ1v) is 13.6. The van der Waals surface area contributed by atoms with E-state index in [0.717, 1.165) is 54.5 Å². The number of hydrogen-bond acceptors (Lipinski definition) is 6. The number of hydrogen-bond donors (Lipinski definition) is 2. The van der Waals surface area contributed by atoms with Crippen LogP contribution in [0.15, 0.2) is 41.5 Å². The van der Waals surface area contributed by atoms with Crippen molar-refractivity contribution in [3.05, 3.63) is 69.8 Å². The zero-order valence-corrected chi connectivity index (χ0v) is 22.6. The zero-order valence-electron chi connectivity index (χ0n) is 21.8. The van der Waals surface area contributed by atoms with Crippen molar-refractivity contribution < 1.29 is 33.0 Å². The van der Waals surface area contributed by atoms with Gasteiger partial charge in [0.1, 0.15) is 17.4 Å². The number of aromatic nitrogens is 1. The van der Waals surface area contributed by atoms with Gasteiger partial charge in [0.2, 0.25) is 5.76 Å². The number of halogens is 2. The molecule has 1 amide bonds. The van der Waals surface area contributed by atoms with Crippen LogP contribution in [0.4, 0.5) is 13.9 Å². The van der Waals surface area contributed by atoms with Crippen LogP contribution in [-0.2, 0) is 9.53 Å². The number of ether oxygens (including phenoxy) is 2. The molecular weight excluding hydrogens is 526 g/mol. The normalized spacial score (nSPS) is 14.2. The van der Waals surface area contributed by atoms with E-state index in [0.29, 0.717) is 12.3 Å². The van der Waals surface area contributed by atoms with E-state index in [1.165, 1.54) is 43.4 Å². The molecule has 0 saturated heterocycles. The molecule has 7 nitrogen and oxygen atoms in total. The summed E-state index contributed by atoms with van der Waals surface area (Å²) in [5.74, 6) is -3.57. The molecule has 0 unspecified atom stereocenters. The molecule has 1 aliphatic carbocycles. The maximum Gasteiger partial charge on any atom is 0.371 e. The van der Waals surface area contributed by atoms with Crippen LogP contribution in [-0.4, -0.2) is 35.7 Å². The third-order valence-electron chi connectivity index (χ3n) is 6.84. The van der Waals surface area contributed by atoms with Crippen molar-refractivity contribution in [3.63, 3.8) is 0 Å². The van der Waals surface area contributed by atoms with E-state index >= 15 is 0 Å². The lowest BCUT2D eigenvalue weighted by molar-refractivity contribution is -0.135. The average Bonchev–Trinajstić information content (AvgIpc) is 3.37. The molecule has 2 N–H and O–H groups in total. The van der Waals surface area contributed by atoms with Crippen LogP contribution in [0, 0.1) is 24.5 Å². The minimum Gasteiger partial charge on any atom is -0.493 e. The SMILES string of the molecule is COC(=Cc1c(F)cc(C(=O)Nc2nc(-c3cccc(OCCC4CCCCC4)c3C)cs2)cc1F)C(=O)O. The highest BCUT2D eigenvalue weighted by Gasteiger charge is 2.19. The first kappa shape index (κ1) is 28.2. The Hall–Kier alpha value is -3.79. The van der Waals surface area contributed by atoms with E-state index in [-0.39, 0.29) is 10.7 Å². The van der Waals surface area contributed by atoms with Crippen molar-refractivity contribution in [1.29, 1.82) is 0 Å². The summed E-state index contributed by atoms with van der Waals surface area (Å²) >= 11 is 1.18. The minimum atomic E-state index is -1.48. The van der Waals surface area contributed by atoms with Gasteiger partial charge in [-0.05, 0) is 37.5 Å². The third kappa shape index (κ3) is 7.00. The van der Waals surface area contributed by atoms with Crippen molar-refractivity contribution in [2.75, 3.05) is 19.0 Å².